The number of piperidine rings is 1. The van der Waals surface area contributed by atoms with E-state index >= 15 is 0 Å². The highest BCUT2D eigenvalue weighted by Gasteiger charge is 2.22. The first-order valence-corrected chi connectivity index (χ1v) is 12.3. The summed E-state index contributed by atoms with van der Waals surface area (Å²) < 4.78 is 0. The Hall–Kier alpha value is -1.90. The number of thioether (sulfide) groups is 1. The van der Waals surface area contributed by atoms with Crippen LogP contribution in [0, 0.1) is 6.92 Å². The summed E-state index contributed by atoms with van der Waals surface area (Å²) >= 11 is 3.40. The number of benzene rings is 1. The van der Waals surface area contributed by atoms with Crippen LogP contribution in [0.1, 0.15) is 47.2 Å². The van der Waals surface area contributed by atoms with Crippen molar-refractivity contribution in [3.05, 3.63) is 45.9 Å². The lowest BCUT2D eigenvalue weighted by atomic mass is 10.0. The molecule has 2 N–H and O–H groups in total. The van der Waals surface area contributed by atoms with Crippen LogP contribution in [0.2, 0.25) is 0 Å². The highest BCUT2D eigenvalue weighted by molar-refractivity contribution is 7.98. The van der Waals surface area contributed by atoms with Crippen molar-refractivity contribution >= 4 is 34.9 Å². The lowest BCUT2D eigenvalue weighted by molar-refractivity contribution is -0.122. The van der Waals surface area contributed by atoms with Crippen LogP contribution in [0.15, 0.2) is 34.5 Å². The van der Waals surface area contributed by atoms with E-state index in [9.17, 15) is 9.59 Å². The molecule has 6 nitrogen and oxygen atoms in total. The Kier molecular flexibility index (Phi) is 8.72. The number of likely N-dealkylation sites (tertiary alicyclic amines) is 1. The normalized spacial score (nSPS) is 15.1. The van der Waals surface area contributed by atoms with E-state index in [2.05, 4.69) is 25.9 Å². The van der Waals surface area contributed by atoms with E-state index in [1.807, 2.05) is 38.1 Å². The second-order valence-electron chi connectivity index (χ2n) is 7.54. The molecule has 2 amide bonds. The maximum atomic E-state index is 12.6. The van der Waals surface area contributed by atoms with E-state index < -0.39 is 0 Å². The number of nitrogens with zero attached hydrogens (tertiary/aromatic N) is 2. The predicted molar refractivity (Wildman–Crippen MR) is 123 cm³/mol. The molecule has 0 saturated carbocycles. The van der Waals surface area contributed by atoms with Crippen LogP contribution in [0.3, 0.4) is 0 Å². The Balaban J connectivity index is 1.40. The van der Waals surface area contributed by atoms with Crippen LogP contribution in [0.4, 0.5) is 0 Å². The number of rotatable bonds is 9. The fourth-order valence-electron chi connectivity index (χ4n) is 3.36. The van der Waals surface area contributed by atoms with Crippen molar-refractivity contribution in [2.24, 2.45) is 0 Å². The lowest BCUT2D eigenvalue weighted by Gasteiger charge is -2.31. The number of amides is 2. The molecule has 1 aliphatic rings. The summed E-state index contributed by atoms with van der Waals surface area (Å²) in [6.07, 6.45) is 2.69. The van der Waals surface area contributed by atoms with Gasteiger partial charge in [-0.2, -0.15) is 0 Å². The van der Waals surface area contributed by atoms with Gasteiger partial charge in [-0.05, 0) is 50.5 Å². The zero-order valence-corrected chi connectivity index (χ0v) is 19.3. The summed E-state index contributed by atoms with van der Waals surface area (Å²) in [5.41, 5.74) is 1.78. The maximum absolute atomic E-state index is 12.6. The summed E-state index contributed by atoms with van der Waals surface area (Å²) in [5.74, 6) is 0.897. The number of carbonyl (C=O) groups excluding carboxylic acids is 2. The van der Waals surface area contributed by atoms with E-state index in [0.717, 1.165) is 60.2 Å². The Morgan fingerprint density at radius 1 is 1.23 bits per heavy atom. The monoisotopic (exact) mass is 446 g/mol. The fourth-order valence-corrected chi connectivity index (χ4v) is 4.87. The highest BCUT2D eigenvalue weighted by Crippen LogP contribution is 2.24. The number of nitrogens with one attached hydrogen (secondary N) is 2. The number of carbonyl (C=O) groups is 2. The topological polar surface area (TPSA) is 74.3 Å². The minimum atomic E-state index is -0.0270. The zero-order valence-electron chi connectivity index (χ0n) is 17.6. The molecule has 30 heavy (non-hydrogen) atoms. The number of aromatic nitrogens is 1. The predicted octanol–water partition coefficient (Wildman–Crippen LogP) is 3.46. The maximum Gasteiger partial charge on any atom is 0.251 e. The van der Waals surface area contributed by atoms with Crippen LogP contribution in [0.25, 0.3) is 0 Å². The average Bonchev–Trinajstić information content (AvgIpc) is 3.17. The quantitative estimate of drug-likeness (QED) is 0.577. The zero-order chi connectivity index (χ0) is 21.3. The molecule has 0 aliphatic carbocycles. The number of hydrogen-bond acceptors (Lipinski definition) is 6. The fraction of sp³-hybridized carbons (Fsp3) is 0.500. The first-order chi connectivity index (χ1) is 14.5. The van der Waals surface area contributed by atoms with Gasteiger partial charge >= 0.3 is 0 Å². The van der Waals surface area contributed by atoms with E-state index in [1.165, 1.54) is 0 Å². The molecule has 162 valence electrons. The van der Waals surface area contributed by atoms with E-state index in [1.54, 1.807) is 23.1 Å². The van der Waals surface area contributed by atoms with Gasteiger partial charge in [0, 0.05) is 47.3 Å². The molecule has 1 aliphatic heterocycles. The minimum Gasteiger partial charge on any atom is -0.355 e. The first kappa shape index (κ1) is 22.8. The molecule has 1 saturated heterocycles. The molecular formula is C22H30N4O2S2. The van der Waals surface area contributed by atoms with Crippen molar-refractivity contribution in [2.45, 2.75) is 49.8 Å². The van der Waals surface area contributed by atoms with Crippen LogP contribution in [0.5, 0.6) is 0 Å². The SMILES string of the molecule is CCCNC(=O)CN1CCC(NC(=O)c2ccc(SCc3csc(C)n3)cc2)CC1. The molecule has 2 aromatic rings. The summed E-state index contributed by atoms with van der Waals surface area (Å²) in [5, 5.41) is 9.23. The van der Waals surface area contributed by atoms with Crippen molar-refractivity contribution < 1.29 is 9.59 Å². The second-order valence-corrected chi connectivity index (χ2v) is 9.66. The van der Waals surface area contributed by atoms with Gasteiger partial charge in [-0.1, -0.05) is 6.92 Å². The summed E-state index contributed by atoms with van der Waals surface area (Å²) in [7, 11) is 0. The molecule has 0 radical (unpaired) electrons. The van der Waals surface area contributed by atoms with Crippen LogP contribution in [-0.2, 0) is 10.5 Å². The van der Waals surface area contributed by atoms with Crippen LogP contribution >= 0.6 is 23.1 Å². The van der Waals surface area contributed by atoms with Gasteiger partial charge in [0.25, 0.3) is 5.91 Å². The molecule has 1 aromatic heterocycles. The minimum absolute atomic E-state index is 0.0270. The van der Waals surface area contributed by atoms with Gasteiger partial charge in [-0.3, -0.25) is 14.5 Å². The van der Waals surface area contributed by atoms with Crippen molar-refractivity contribution in [1.82, 2.24) is 20.5 Å². The van der Waals surface area contributed by atoms with Crippen LogP contribution in [-0.4, -0.2) is 53.9 Å². The number of thiazole rings is 1. The van der Waals surface area contributed by atoms with Crippen LogP contribution < -0.4 is 10.6 Å². The van der Waals surface area contributed by atoms with Gasteiger partial charge in [0.1, 0.15) is 0 Å². The Morgan fingerprint density at radius 2 is 1.97 bits per heavy atom. The smallest absolute Gasteiger partial charge is 0.251 e. The molecular weight excluding hydrogens is 416 g/mol. The van der Waals surface area contributed by atoms with Gasteiger partial charge in [-0.15, -0.1) is 23.1 Å². The van der Waals surface area contributed by atoms with Crippen molar-refractivity contribution in [3.8, 4) is 0 Å². The van der Waals surface area contributed by atoms with Gasteiger partial charge in [0.15, 0.2) is 0 Å². The first-order valence-electron chi connectivity index (χ1n) is 10.5. The van der Waals surface area contributed by atoms with E-state index in [0.29, 0.717) is 12.1 Å². The summed E-state index contributed by atoms with van der Waals surface area (Å²) in [6.45, 7) is 6.89. The van der Waals surface area contributed by atoms with E-state index in [-0.39, 0.29) is 17.9 Å². The molecule has 2 heterocycles. The van der Waals surface area contributed by atoms with E-state index in [4.69, 9.17) is 0 Å². The average molecular weight is 447 g/mol. The molecule has 3 rings (SSSR count). The van der Waals surface area contributed by atoms with Crippen molar-refractivity contribution in [2.75, 3.05) is 26.2 Å². The molecule has 0 atom stereocenters. The molecule has 1 aromatic carbocycles. The molecule has 1 fully saturated rings. The van der Waals surface area contributed by atoms with Crippen molar-refractivity contribution in [3.63, 3.8) is 0 Å². The third-order valence-corrected chi connectivity index (χ3v) is 6.90. The summed E-state index contributed by atoms with van der Waals surface area (Å²) in [6, 6.07) is 7.93. The van der Waals surface area contributed by atoms with Crippen molar-refractivity contribution in [1.29, 1.82) is 0 Å². The number of hydrogen-bond donors (Lipinski definition) is 2. The Labute approximate surface area is 186 Å². The van der Waals surface area contributed by atoms with Gasteiger partial charge < -0.3 is 10.6 Å². The van der Waals surface area contributed by atoms with Gasteiger partial charge in [-0.25, -0.2) is 4.98 Å². The van der Waals surface area contributed by atoms with Gasteiger partial charge in [0.05, 0.1) is 17.2 Å². The third kappa shape index (κ3) is 7.11. The largest absolute Gasteiger partial charge is 0.355 e. The summed E-state index contributed by atoms with van der Waals surface area (Å²) in [4.78, 5) is 32.2. The second kappa shape index (κ2) is 11.5. The molecule has 0 bridgehead atoms. The number of aryl methyl sites for hydroxylation is 1. The Morgan fingerprint density at radius 3 is 2.60 bits per heavy atom. The highest BCUT2D eigenvalue weighted by atomic mass is 32.2. The molecule has 8 heteroatoms. The standard InChI is InChI=1S/C22H30N4O2S2/c1-3-10-23-21(27)13-26-11-8-18(9-12-26)25-22(28)17-4-6-20(7-5-17)30-15-19-14-29-16(2)24-19/h4-7,14,18H,3,8-13,15H2,1-2H3,(H,23,27)(H,25,28). The Bertz CT molecular complexity index is 830. The molecule has 0 spiro atoms. The lowest BCUT2D eigenvalue weighted by Crippen LogP contribution is -2.47. The van der Waals surface area contributed by atoms with Gasteiger partial charge in [0.2, 0.25) is 5.91 Å². The molecule has 0 unspecified atom stereocenters. The third-order valence-electron chi connectivity index (χ3n) is 5.03.